The Morgan fingerprint density at radius 3 is 2.03 bits per heavy atom. The molecule has 4 bridgehead atoms. The lowest BCUT2D eigenvalue weighted by Crippen LogP contribution is -2.56. The number of carbonyl (C=O) groups is 3. The average molecular weight is 401 g/mol. The van der Waals surface area contributed by atoms with Crippen LogP contribution in [0.1, 0.15) is 62.7 Å². The molecule has 1 aromatic carbocycles. The first kappa shape index (κ1) is 20.0. The first-order valence-electron chi connectivity index (χ1n) is 10.6. The smallest absolute Gasteiger partial charge is 0.329 e. The molecule has 5 rings (SSSR count). The van der Waals surface area contributed by atoms with E-state index in [9.17, 15) is 18.8 Å². The molecular weight excluding hydrogens is 373 g/mol. The molecule has 4 fully saturated rings. The summed E-state index contributed by atoms with van der Waals surface area (Å²) in [6.07, 6.45) is 5.49. The molecule has 0 aromatic heterocycles. The molecule has 1 aromatic rings. The Morgan fingerprint density at radius 2 is 1.52 bits per heavy atom. The van der Waals surface area contributed by atoms with E-state index in [-0.39, 0.29) is 16.9 Å². The Labute approximate surface area is 170 Å². The van der Waals surface area contributed by atoms with Crippen LogP contribution in [-0.4, -0.2) is 29.8 Å². The molecule has 6 heteroatoms. The van der Waals surface area contributed by atoms with Crippen molar-refractivity contribution in [3.8, 4) is 0 Å². The van der Waals surface area contributed by atoms with Crippen LogP contribution in [0.5, 0.6) is 0 Å². The van der Waals surface area contributed by atoms with Crippen LogP contribution >= 0.6 is 0 Å². The number of hydrogen-bond donors (Lipinski definition) is 1. The lowest BCUT2D eigenvalue weighted by atomic mass is 9.49. The van der Waals surface area contributed by atoms with Gasteiger partial charge in [-0.3, -0.25) is 9.59 Å². The minimum absolute atomic E-state index is 0.0430. The third kappa shape index (κ3) is 3.94. The number of rotatable bonds is 6. The summed E-state index contributed by atoms with van der Waals surface area (Å²) >= 11 is 0. The lowest BCUT2D eigenvalue weighted by Gasteiger charge is -2.55. The summed E-state index contributed by atoms with van der Waals surface area (Å²) in [4.78, 5) is 37.9. The normalized spacial score (nSPS) is 31.8. The lowest BCUT2D eigenvalue weighted by molar-refractivity contribution is -0.155. The van der Waals surface area contributed by atoms with Gasteiger partial charge in [0.25, 0.3) is 0 Å². The van der Waals surface area contributed by atoms with E-state index in [1.807, 2.05) is 0 Å². The van der Waals surface area contributed by atoms with Crippen molar-refractivity contribution < 1.29 is 23.5 Å². The molecule has 0 spiro atoms. The van der Waals surface area contributed by atoms with E-state index in [0.29, 0.717) is 17.8 Å². The highest BCUT2D eigenvalue weighted by Gasteiger charge is 2.54. The zero-order chi connectivity index (χ0) is 20.8. The van der Waals surface area contributed by atoms with E-state index in [1.165, 1.54) is 50.5 Å². The van der Waals surface area contributed by atoms with Crippen molar-refractivity contribution >= 4 is 17.7 Å². The van der Waals surface area contributed by atoms with Gasteiger partial charge in [-0.05, 0) is 94.4 Å². The summed E-state index contributed by atoms with van der Waals surface area (Å²) in [6, 6.07) is 4.28. The molecule has 0 unspecified atom stereocenters. The van der Waals surface area contributed by atoms with Crippen LogP contribution in [0.3, 0.4) is 0 Å². The Bertz CT molecular complexity index is 783. The molecular formula is C23H28FNO4. The maximum absolute atomic E-state index is 13.1. The van der Waals surface area contributed by atoms with Crippen molar-refractivity contribution in [1.29, 1.82) is 0 Å². The Kier molecular flexibility index (Phi) is 5.21. The number of ketones is 1. The molecule has 5 nitrogen and oxygen atoms in total. The second-order valence-electron chi connectivity index (χ2n) is 9.34. The first-order chi connectivity index (χ1) is 13.8. The van der Waals surface area contributed by atoms with Crippen molar-refractivity contribution in [3.63, 3.8) is 0 Å². The van der Waals surface area contributed by atoms with Gasteiger partial charge in [-0.2, -0.15) is 0 Å². The fourth-order valence-electron chi connectivity index (χ4n) is 5.98. The van der Waals surface area contributed by atoms with Crippen LogP contribution in [-0.2, 0) is 14.3 Å². The van der Waals surface area contributed by atoms with E-state index >= 15 is 0 Å². The minimum atomic E-state index is -1.01. The van der Waals surface area contributed by atoms with Crippen molar-refractivity contribution in [2.45, 2.75) is 64.5 Å². The Hall–Kier alpha value is -2.24. The predicted octanol–water partition coefficient (Wildman–Crippen LogP) is 3.66. The van der Waals surface area contributed by atoms with Crippen molar-refractivity contribution in [2.24, 2.45) is 23.2 Å². The van der Waals surface area contributed by atoms with Gasteiger partial charge in [0.1, 0.15) is 11.9 Å². The molecule has 1 N–H and O–H groups in total. The summed E-state index contributed by atoms with van der Waals surface area (Å²) in [5.41, 5.74) is -0.0595. The summed E-state index contributed by atoms with van der Waals surface area (Å²) in [6.45, 7) is 3.08. The molecule has 0 radical (unpaired) electrons. The third-order valence-electron chi connectivity index (χ3n) is 7.01. The van der Waals surface area contributed by atoms with Gasteiger partial charge in [0.05, 0.1) is 0 Å². The topological polar surface area (TPSA) is 72.5 Å². The highest BCUT2D eigenvalue weighted by Crippen LogP contribution is 2.60. The molecule has 156 valence electrons. The van der Waals surface area contributed by atoms with Gasteiger partial charge in [0.15, 0.2) is 6.10 Å². The van der Waals surface area contributed by atoms with Crippen LogP contribution in [0.2, 0.25) is 0 Å². The SMILES string of the molecule is C[C@H](NC(=O)C12CC3CC(CC(C3)C1)C2)C(=O)O[C@@H](C)C(=O)c1ccc(F)cc1. The molecule has 4 aliphatic rings. The molecule has 0 aliphatic heterocycles. The second kappa shape index (κ2) is 7.54. The Morgan fingerprint density at radius 1 is 1.00 bits per heavy atom. The standard InChI is InChI=1S/C23H28FNO4/c1-13(21(27)29-14(2)20(26)18-3-5-19(24)6-4-18)25-22(28)23-10-15-7-16(11-23)9-17(8-15)12-23/h3-6,13-17H,7-12H2,1-2H3,(H,25,28)/t13-,14-,15?,16?,17?,23?/m0/s1. The quantitative estimate of drug-likeness (QED) is 0.583. The average Bonchev–Trinajstić information content (AvgIpc) is 2.66. The Balaban J connectivity index is 1.34. The van der Waals surface area contributed by atoms with Crippen LogP contribution in [0.25, 0.3) is 0 Å². The molecule has 2 atom stereocenters. The van der Waals surface area contributed by atoms with Gasteiger partial charge < -0.3 is 10.1 Å². The van der Waals surface area contributed by atoms with E-state index in [4.69, 9.17) is 4.74 Å². The number of benzene rings is 1. The second-order valence-corrected chi connectivity index (χ2v) is 9.34. The summed E-state index contributed by atoms with van der Waals surface area (Å²) in [7, 11) is 0. The molecule has 0 heterocycles. The van der Waals surface area contributed by atoms with Gasteiger partial charge >= 0.3 is 5.97 Å². The molecule has 1 amide bonds. The molecule has 4 aliphatic carbocycles. The van der Waals surface area contributed by atoms with Crippen LogP contribution in [0.15, 0.2) is 24.3 Å². The summed E-state index contributed by atoms with van der Waals surface area (Å²) < 4.78 is 18.3. The van der Waals surface area contributed by atoms with E-state index in [1.54, 1.807) is 6.92 Å². The van der Waals surface area contributed by atoms with Crippen molar-refractivity contribution in [1.82, 2.24) is 5.32 Å². The van der Waals surface area contributed by atoms with Gasteiger partial charge in [0.2, 0.25) is 11.7 Å². The number of esters is 1. The highest BCUT2D eigenvalue weighted by molar-refractivity contribution is 6.00. The summed E-state index contributed by atoms with van der Waals surface area (Å²) in [5, 5.41) is 2.85. The molecule has 0 saturated heterocycles. The largest absolute Gasteiger partial charge is 0.453 e. The number of nitrogens with one attached hydrogen (secondary N) is 1. The number of hydrogen-bond acceptors (Lipinski definition) is 4. The predicted molar refractivity (Wildman–Crippen MR) is 104 cm³/mol. The maximum Gasteiger partial charge on any atom is 0.329 e. The number of halogens is 1. The zero-order valence-electron chi connectivity index (χ0n) is 16.9. The third-order valence-corrected chi connectivity index (χ3v) is 7.01. The van der Waals surface area contributed by atoms with Crippen LogP contribution < -0.4 is 5.32 Å². The van der Waals surface area contributed by atoms with E-state index < -0.39 is 29.7 Å². The minimum Gasteiger partial charge on any atom is -0.453 e. The fourth-order valence-corrected chi connectivity index (χ4v) is 5.98. The molecule has 4 saturated carbocycles. The van der Waals surface area contributed by atoms with Gasteiger partial charge in [-0.1, -0.05) is 0 Å². The van der Waals surface area contributed by atoms with Crippen molar-refractivity contribution in [2.75, 3.05) is 0 Å². The monoisotopic (exact) mass is 401 g/mol. The van der Waals surface area contributed by atoms with Crippen LogP contribution in [0.4, 0.5) is 4.39 Å². The first-order valence-corrected chi connectivity index (χ1v) is 10.6. The van der Waals surface area contributed by atoms with E-state index in [2.05, 4.69) is 5.32 Å². The summed E-state index contributed by atoms with van der Waals surface area (Å²) in [5.74, 6) is 0.405. The fraction of sp³-hybridized carbons (Fsp3) is 0.609. The number of amides is 1. The van der Waals surface area contributed by atoms with Gasteiger partial charge in [-0.15, -0.1) is 0 Å². The number of ether oxygens (including phenoxy) is 1. The zero-order valence-corrected chi connectivity index (χ0v) is 16.9. The van der Waals surface area contributed by atoms with Gasteiger partial charge in [-0.25, -0.2) is 9.18 Å². The van der Waals surface area contributed by atoms with Gasteiger partial charge in [0, 0.05) is 11.0 Å². The molecule has 29 heavy (non-hydrogen) atoms. The number of Topliss-reactive ketones (excluding diaryl/α,β-unsaturated/α-hetero) is 1. The van der Waals surface area contributed by atoms with Crippen LogP contribution in [0, 0.1) is 29.0 Å². The van der Waals surface area contributed by atoms with E-state index in [0.717, 1.165) is 19.3 Å². The number of carbonyl (C=O) groups excluding carboxylic acids is 3. The maximum atomic E-state index is 13.1. The van der Waals surface area contributed by atoms with Crippen molar-refractivity contribution in [3.05, 3.63) is 35.6 Å². The highest BCUT2D eigenvalue weighted by atomic mass is 19.1.